The fourth-order valence-electron chi connectivity index (χ4n) is 2.87. The first-order valence-corrected chi connectivity index (χ1v) is 9.43. The second-order valence-electron chi connectivity index (χ2n) is 6.47. The van der Waals surface area contributed by atoms with E-state index >= 15 is 0 Å². The number of carbonyl (C=O) groups excluding carboxylic acids is 2. The molecule has 1 aromatic rings. The van der Waals surface area contributed by atoms with Crippen LogP contribution in [0.2, 0.25) is 0 Å². The molecule has 1 aliphatic heterocycles. The third kappa shape index (κ3) is 6.58. The van der Waals surface area contributed by atoms with Crippen molar-refractivity contribution in [2.45, 2.75) is 58.5 Å². The van der Waals surface area contributed by atoms with Crippen LogP contribution in [0.25, 0.3) is 0 Å². The molecule has 0 saturated carbocycles. The number of rotatable bonds is 10. The van der Waals surface area contributed by atoms with E-state index in [4.69, 9.17) is 14.2 Å². The Morgan fingerprint density at radius 3 is 2.58 bits per heavy atom. The summed E-state index contributed by atoms with van der Waals surface area (Å²) in [4.78, 5) is 23.5. The van der Waals surface area contributed by atoms with Crippen LogP contribution in [-0.4, -0.2) is 31.6 Å². The number of hydrogen-bond donors (Lipinski definition) is 1. The maximum atomic E-state index is 12.0. The summed E-state index contributed by atoms with van der Waals surface area (Å²) < 4.78 is 16.5. The van der Waals surface area contributed by atoms with Crippen LogP contribution in [0, 0.1) is 0 Å². The second-order valence-corrected chi connectivity index (χ2v) is 6.47. The highest BCUT2D eigenvalue weighted by Crippen LogP contribution is 2.33. The lowest BCUT2D eigenvalue weighted by Crippen LogP contribution is -2.30. The van der Waals surface area contributed by atoms with E-state index in [1.54, 1.807) is 12.1 Å². The van der Waals surface area contributed by atoms with Gasteiger partial charge in [0, 0.05) is 13.3 Å². The molecule has 144 valence electrons. The Hall–Kier alpha value is -2.24. The molecule has 0 aliphatic carbocycles. The molecule has 1 aromatic carbocycles. The van der Waals surface area contributed by atoms with E-state index in [-0.39, 0.29) is 12.5 Å². The lowest BCUT2D eigenvalue weighted by molar-refractivity contribution is -0.147. The predicted octanol–water partition coefficient (Wildman–Crippen LogP) is 3.54. The van der Waals surface area contributed by atoms with Crippen molar-refractivity contribution in [1.29, 1.82) is 0 Å². The fourth-order valence-corrected chi connectivity index (χ4v) is 2.87. The van der Waals surface area contributed by atoms with Crippen LogP contribution < -0.4 is 14.8 Å². The minimum atomic E-state index is -0.549. The predicted molar refractivity (Wildman–Crippen MR) is 98.3 cm³/mol. The van der Waals surface area contributed by atoms with Gasteiger partial charge >= 0.3 is 5.97 Å². The molecule has 1 amide bonds. The van der Waals surface area contributed by atoms with Crippen molar-refractivity contribution >= 4 is 11.9 Å². The van der Waals surface area contributed by atoms with Gasteiger partial charge in [0.1, 0.15) is 19.3 Å². The molecule has 0 bridgehead atoms. The van der Waals surface area contributed by atoms with E-state index in [0.29, 0.717) is 31.1 Å². The standard InChI is InChI=1S/C20H29NO5/c1-3-4-5-6-7-8-20(23)21-14-19(26-15(2)22)16-9-10-17-18(13-16)25-12-11-24-17/h9-10,13,19H,3-8,11-12,14H2,1-2H3,(H,21,23). The van der Waals surface area contributed by atoms with Crippen molar-refractivity contribution in [2.24, 2.45) is 0 Å². The Balaban J connectivity index is 1.89. The minimum Gasteiger partial charge on any atom is -0.486 e. The van der Waals surface area contributed by atoms with Crippen LogP contribution in [0.15, 0.2) is 18.2 Å². The number of esters is 1. The molecule has 0 radical (unpaired) electrons. The Kier molecular flexibility index (Phi) is 8.25. The molecule has 0 saturated heterocycles. The highest BCUT2D eigenvalue weighted by molar-refractivity contribution is 5.76. The molecule has 2 rings (SSSR count). The average Bonchev–Trinajstić information content (AvgIpc) is 2.64. The summed E-state index contributed by atoms with van der Waals surface area (Å²) in [6.07, 6.45) is 5.46. The lowest BCUT2D eigenvalue weighted by Gasteiger charge is -2.22. The van der Waals surface area contributed by atoms with E-state index in [9.17, 15) is 9.59 Å². The van der Waals surface area contributed by atoms with Crippen molar-refractivity contribution in [3.05, 3.63) is 23.8 Å². The van der Waals surface area contributed by atoms with Crippen molar-refractivity contribution in [3.8, 4) is 11.5 Å². The summed E-state index contributed by atoms with van der Waals surface area (Å²) in [6, 6.07) is 5.44. The van der Waals surface area contributed by atoms with Gasteiger partial charge in [-0.3, -0.25) is 9.59 Å². The summed E-state index contributed by atoms with van der Waals surface area (Å²) in [7, 11) is 0. The number of unbranched alkanes of at least 4 members (excludes halogenated alkanes) is 4. The van der Waals surface area contributed by atoms with Crippen molar-refractivity contribution < 1.29 is 23.8 Å². The van der Waals surface area contributed by atoms with Gasteiger partial charge in [0.2, 0.25) is 5.91 Å². The number of benzene rings is 1. The third-order valence-electron chi connectivity index (χ3n) is 4.24. The number of hydrogen-bond acceptors (Lipinski definition) is 5. The number of fused-ring (bicyclic) bond motifs is 1. The van der Waals surface area contributed by atoms with Crippen LogP contribution in [0.3, 0.4) is 0 Å². The number of nitrogens with one attached hydrogen (secondary N) is 1. The first-order valence-electron chi connectivity index (χ1n) is 9.43. The van der Waals surface area contributed by atoms with Gasteiger partial charge < -0.3 is 19.5 Å². The smallest absolute Gasteiger partial charge is 0.303 e. The van der Waals surface area contributed by atoms with Crippen LogP contribution in [0.1, 0.15) is 64.0 Å². The van der Waals surface area contributed by atoms with E-state index in [0.717, 1.165) is 24.8 Å². The Labute approximate surface area is 155 Å². The largest absolute Gasteiger partial charge is 0.486 e. The highest BCUT2D eigenvalue weighted by Gasteiger charge is 2.20. The molecule has 0 spiro atoms. The van der Waals surface area contributed by atoms with Crippen molar-refractivity contribution in [1.82, 2.24) is 5.32 Å². The molecule has 1 atom stereocenters. The highest BCUT2D eigenvalue weighted by atomic mass is 16.6. The molecule has 1 aliphatic rings. The summed E-state index contributed by atoms with van der Waals surface area (Å²) in [5.74, 6) is 0.903. The maximum Gasteiger partial charge on any atom is 0.303 e. The summed E-state index contributed by atoms with van der Waals surface area (Å²) >= 11 is 0. The van der Waals surface area contributed by atoms with E-state index in [1.807, 2.05) is 6.07 Å². The molecule has 1 heterocycles. The Bertz CT molecular complexity index is 602. The SMILES string of the molecule is CCCCCCCC(=O)NCC(OC(C)=O)c1ccc2c(c1)OCCO2. The van der Waals surface area contributed by atoms with Gasteiger partial charge in [0.05, 0.1) is 6.54 Å². The zero-order valence-electron chi connectivity index (χ0n) is 15.7. The molecule has 0 fully saturated rings. The Morgan fingerprint density at radius 2 is 1.85 bits per heavy atom. The van der Waals surface area contributed by atoms with Crippen molar-refractivity contribution in [3.63, 3.8) is 0 Å². The summed E-state index contributed by atoms with van der Waals surface area (Å²) in [6.45, 7) is 4.78. The van der Waals surface area contributed by atoms with E-state index in [1.165, 1.54) is 19.8 Å². The minimum absolute atomic E-state index is 0.0174. The zero-order chi connectivity index (χ0) is 18.8. The van der Waals surface area contributed by atoms with Gasteiger partial charge in [-0.05, 0) is 24.1 Å². The van der Waals surface area contributed by atoms with E-state index in [2.05, 4.69) is 12.2 Å². The molecular weight excluding hydrogens is 334 g/mol. The number of amides is 1. The maximum absolute atomic E-state index is 12.0. The normalized spacial score (nSPS) is 13.8. The molecular formula is C20H29NO5. The van der Waals surface area contributed by atoms with Crippen LogP contribution >= 0.6 is 0 Å². The number of carbonyl (C=O) groups is 2. The zero-order valence-corrected chi connectivity index (χ0v) is 15.7. The van der Waals surface area contributed by atoms with Gasteiger partial charge in [-0.1, -0.05) is 38.7 Å². The first-order chi connectivity index (χ1) is 12.6. The molecule has 6 nitrogen and oxygen atoms in total. The monoisotopic (exact) mass is 363 g/mol. The molecule has 6 heteroatoms. The second kappa shape index (κ2) is 10.7. The van der Waals surface area contributed by atoms with E-state index < -0.39 is 12.1 Å². The fraction of sp³-hybridized carbons (Fsp3) is 0.600. The van der Waals surface area contributed by atoms with Gasteiger partial charge in [0.15, 0.2) is 11.5 Å². The van der Waals surface area contributed by atoms with Crippen LogP contribution in [0.4, 0.5) is 0 Å². The van der Waals surface area contributed by atoms with Crippen LogP contribution in [0.5, 0.6) is 11.5 Å². The summed E-state index contributed by atoms with van der Waals surface area (Å²) in [5.41, 5.74) is 0.771. The third-order valence-corrected chi connectivity index (χ3v) is 4.24. The van der Waals surface area contributed by atoms with Gasteiger partial charge in [0.25, 0.3) is 0 Å². The van der Waals surface area contributed by atoms with Gasteiger partial charge in [-0.25, -0.2) is 0 Å². The van der Waals surface area contributed by atoms with Gasteiger partial charge in [-0.2, -0.15) is 0 Å². The quantitative estimate of drug-likeness (QED) is 0.508. The lowest BCUT2D eigenvalue weighted by atomic mass is 10.1. The molecule has 0 aromatic heterocycles. The molecule has 1 unspecified atom stereocenters. The molecule has 1 N–H and O–H groups in total. The van der Waals surface area contributed by atoms with Crippen molar-refractivity contribution in [2.75, 3.05) is 19.8 Å². The molecule has 26 heavy (non-hydrogen) atoms. The van der Waals surface area contributed by atoms with Gasteiger partial charge in [-0.15, -0.1) is 0 Å². The number of ether oxygens (including phenoxy) is 3. The first kappa shape index (κ1) is 20.1. The van der Waals surface area contributed by atoms with Crippen LogP contribution in [-0.2, 0) is 14.3 Å². The summed E-state index contributed by atoms with van der Waals surface area (Å²) in [5, 5.41) is 2.87. The average molecular weight is 363 g/mol. The Morgan fingerprint density at radius 1 is 1.12 bits per heavy atom. The topological polar surface area (TPSA) is 73.9 Å².